The lowest BCUT2D eigenvalue weighted by Crippen LogP contribution is -2.20. The molecular weight excluding hydrogens is 192 g/mol. The van der Waals surface area contributed by atoms with Crippen LogP contribution in [0, 0.1) is 23.7 Å². The zero-order valence-corrected chi connectivity index (χ0v) is 12.7. The molecule has 0 spiro atoms. The normalized spacial score (nSPS) is 17.1. The highest BCUT2D eigenvalue weighted by Gasteiger charge is 2.23. The number of rotatable bonds is 6. The van der Waals surface area contributed by atoms with Crippen molar-refractivity contribution in [2.24, 2.45) is 23.7 Å². The van der Waals surface area contributed by atoms with E-state index in [4.69, 9.17) is 0 Å². The van der Waals surface area contributed by atoms with Crippen LogP contribution in [0.1, 0.15) is 68.2 Å². The molecule has 0 nitrogen and oxygen atoms in total. The Morgan fingerprint density at radius 3 is 1.75 bits per heavy atom. The molecule has 16 heavy (non-hydrogen) atoms. The Bertz CT molecular complexity index is 218. The van der Waals surface area contributed by atoms with Crippen LogP contribution < -0.4 is 0 Å². The van der Waals surface area contributed by atoms with Crippen LogP contribution in [0.5, 0.6) is 0 Å². The van der Waals surface area contributed by atoms with Crippen LogP contribution in [0.2, 0.25) is 0 Å². The molecule has 0 saturated carbocycles. The fraction of sp³-hybridized carbons (Fsp3) is 0.875. The lowest BCUT2D eigenvalue weighted by atomic mass is 9.75. The minimum absolute atomic E-state index is 0.728. The second-order valence-corrected chi connectivity index (χ2v) is 6.04. The van der Waals surface area contributed by atoms with Gasteiger partial charge in [0.15, 0.2) is 0 Å². The van der Waals surface area contributed by atoms with E-state index in [1.54, 1.807) is 11.1 Å². The molecule has 0 heterocycles. The molecular formula is C16H32. The molecule has 0 amide bonds. The summed E-state index contributed by atoms with van der Waals surface area (Å²) >= 11 is 0. The zero-order valence-electron chi connectivity index (χ0n) is 12.7. The van der Waals surface area contributed by atoms with E-state index in [9.17, 15) is 0 Å². The maximum absolute atomic E-state index is 2.42. The van der Waals surface area contributed by atoms with Gasteiger partial charge in [-0.25, -0.2) is 0 Å². The molecule has 0 aliphatic heterocycles. The van der Waals surface area contributed by atoms with E-state index in [1.165, 1.54) is 12.8 Å². The number of hydrogen-bond acceptors (Lipinski definition) is 0. The second-order valence-electron chi connectivity index (χ2n) is 6.04. The van der Waals surface area contributed by atoms with Crippen molar-refractivity contribution >= 4 is 0 Å². The third kappa shape index (κ3) is 4.31. The van der Waals surface area contributed by atoms with E-state index in [-0.39, 0.29) is 0 Å². The largest absolute Gasteiger partial charge is 0.0767 e. The van der Waals surface area contributed by atoms with Crippen LogP contribution >= 0.6 is 0 Å². The lowest BCUT2D eigenvalue weighted by molar-refractivity contribution is 0.308. The van der Waals surface area contributed by atoms with Crippen molar-refractivity contribution in [3.05, 3.63) is 11.1 Å². The Morgan fingerprint density at radius 1 is 0.938 bits per heavy atom. The van der Waals surface area contributed by atoms with Crippen LogP contribution in [0.25, 0.3) is 0 Å². The minimum Gasteiger partial charge on any atom is -0.0767 e. The van der Waals surface area contributed by atoms with Gasteiger partial charge in [-0.15, -0.1) is 0 Å². The molecule has 0 radical (unpaired) electrons. The molecule has 0 saturated heterocycles. The minimum atomic E-state index is 0.728. The van der Waals surface area contributed by atoms with Gasteiger partial charge in [0.05, 0.1) is 0 Å². The summed E-state index contributed by atoms with van der Waals surface area (Å²) < 4.78 is 0. The summed E-state index contributed by atoms with van der Waals surface area (Å²) in [6.45, 7) is 18.7. The first-order valence-electron chi connectivity index (χ1n) is 7.00. The fourth-order valence-corrected chi connectivity index (χ4v) is 2.85. The summed E-state index contributed by atoms with van der Waals surface area (Å²) in [5, 5.41) is 0. The lowest BCUT2D eigenvalue weighted by Gasteiger charge is -2.31. The van der Waals surface area contributed by atoms with Gasteiger partial charge in [0.2, 0.25) is 0 Å². The predicted molar refractivity (Wildman–Crippen MR) is 75.6 cm³/mol. The van der Waals surface area contributed by atoms with Crippen LogP contribution in [0.4, 0.5) is 0 Å². The molecule has 0 aliphatic rings. The van der Waals surface area contributed by atoms with Crippen LogP contribution in [0.3, 0.4) is 0 Å². The first kappa shape index (κ1) is 15.7. The van der Waals surface area contributed by atoms with Crippen molar-refractivity contribution in [3.63, 3.8) is 0 Å². The van der Waals surface area contributed by atoms with Crippen molar-refractivity contribution in [1.82, 2.24) is 0 Å². The average Bonchev–Trinajstić information content (AvgIpc) is 2.16. The third-order valence-electron chi connectivity index (χ3n) is 4.16. The SMILES string of the molecule is CCCC(C)C(=C(C)C)C(C)C(C)C(C)C. The highest BCUT2D eigenvalue weighted by atomic mass is 14.3. The maximum Gasteiger partial charge on any atom is -0.0198 e. The predicted octanol–water partition coefficient (Wildman–Crippen LogP) is 5.69. The first-order chi connectivity index (χ1) is 7.32. The van der Waals surface area contributed by atoms with Crippen molar-refractivity contribution < 1.29 is 0 Å². The van der Waals surface area contributed by atoms with Gasteiger partial charge in [0.1, 0.15) is 0 Å². The summed E-state index contributed by atoms with van der Waals surface area (Å²) in [6, 6.07) is 0. The van der Waals surface area contributed by atoms with Crippen molar-refractivity contribution in [1.29, 1.82) is 0 Å². The van der Waals surface area contributed by atoms with Gasteiger partial charge in [-0.3, -0.25) is 0 Å². The van der Waals surface area contributed by atoms with Crippen LogP contribution in [0.15, 0.2) is 11.1 Å². The van der Waals surface area contributed by atoms with Gasteiger partial charge in [-0.05, 0) is 43.9 Å². The van der Waals surface area contributed by atoms with Gasteiger partial charge >= 0.3 is 0 Å². The quantitative estimate of drug-likeness (QED) is 0.509. The van der Waals surface area contributed by atoms with Crippen molar-refractivity contribution in [3.8, 4) is 0 Å². The van der Waals surface area contributed by atoms with Gasteiger partial charge in [0, 0.05) is 0 Å². The molecule has 0 bridgehead atoms. The van der Waals surface area contributed by atoms with E-state index >= 15 is 0 Å². The van der Waals surface area contributed by atoms with Gasteiger partial charge in [0.25, 0.3) is 0 Å². The molecule has 0 rings (SSSR count). The average molecular weight is 224 g/mol. The Kier molecular flexibility index (Phi) is 7.03. The standard InChI is InChI=1S/C16H32/c1-9-10-13(6)16(12(4)5)15(8)14(7)11(2)3/h11,13-15H,9-10H2,1-8H3. The molecule has 0 aromatic rings. The Morgan fingerprint density at radius 2 is 1.44 bits per heavy atom. The molecule has 0 aliphatic carbocycles. The van der Waals surface area contributed by atoms with E-state index in [0.717, 1.165) is 23.7 Å². The molecule has 3 atom stereocenters. The van der Waals surface area contributed by atoms with Gasteiger partial charge in [-0.1, -0.05) is 59.1 Å². The Balaban J connectivity index is 4.88. The Hall–Kier alpha value is -0.260. The van der Waals surface area contributed by atoms with E-state index in [2.05, 4.69) is 55.4 Å². The number of hydrogen-bond donors (Lipinski definition) is 0. The summed E-state index contributed by atoms with van der Waals surface area (Å²) in [5.74, 6) is 3.04. The molecule has 0 aromatic heterocycles. The topological polar surface area (TPSA) is 0 Å². The van der Waals surface area contributed by atoms with Gasteiger partial charge < -0.3 is 0 Å². The van der Waals surface area contributed by atoms with E-state index in [1.807, 2.05) is 0 Å². The Labute approximate surface area is 104 Å². The third-order valence-corrected chi connectivity index (χ3v) is 4.16. The summed E-state index contributed by atoms with van der Waals surface area (Å²) in [5.41, 5.74) is 3.25. The maximum atomic E-state index is 2.42. The van der Waals surface area contributed by atoms with Crippen molar-refractivity contribution in [2.75, 3.05) is 0 Å². The first-order valence-corrected chi connectivity index (χ1v) is 7.00. The zero-order chi connectivity index (χ0) is 12.9. The van der Waals surface area contributed by atoms with E-state index < -0.39 is 0 Å². The molecule has 0 aromatic carbocycles. The molecule has 0 N–H and O–H groups in total. The number of allylic oxidation sites excluding steroid dienone is 2. The second kappa shape index (κ2) is 7.14. The van der Waals surface area contributed by atoms with Crippen LogP contribution in [-0.4, -0.2) is 0 Å². The summed E-state index contributed by atoms with van der Waals surface area (Å²) in [7, 11) is 0. The molecule has 96 valence electrons. The summed E-state index contributed by atoms with van der Waals surface area (Å²) in [4.78, 5) is 0. The highest BCUT2D eigenvalue weighted by Crippen LogP contribution is 2.34. The molecule has 3 unspecified atom stereocenters. The van der Waals surface area contributed by atoms with E-state index in [0.29, 0.717) is 0 Å². The molecule has 0 heteroatoms. The van der Waals surface area contributed by atoms with Crippen molar-refractivity contribution in [2.45, 2.75) is 68.2 Å². The molecule has 0 fully saturated rings. The fourth-order valence-electron chi connectivity index (χ4n) is 2.85. The van der Waals surface area contributed by atoms with Crippen LogP contribution in [-0.2, 0) is 0 Å². The van der Waals surface area contributed by atoms with Gasteiger partial charge in [-0.2, -0.15) is 0 Å². The smallest absolute Gasteiger partial charge is 0.0198 e. The monoisotopic (exact) mass is 224 g/mol. The highest BCUT2D eigenvalue weighted by molar-refractivity contribution is 5.16. The summed E-state index contributed by atoms with van der Waals surface area (Å²) in [6.07, 6.45) is 2.62.